The number of anilines is 1. The molecule has 1 saturated heterocycles. The van der Waals surface area contributed by atoms with Crippen LogP contribution in [0.4, 0.5) is 11.4 Å². The highest BCUT2D eigenvalue weighted by molar-refractivity contribution is 8.19. The maximum Gasteiger partial charge on any atom is 0.269 e. The van der Waals surface area contributed by atoms with Crippen LogP contribution in [0.15, 0.2) is 80.6 Å². The number of nitrogens with zero attached hydrogens (tertiary/aromatic N) is 4. The van der Waals surface area contributed by atoms with E-state index in [1.165, 1.54) is 22.3 Å². The number of hydrogen-bond acceptors (Lipinski definition) is 6. The molecule has 0 unspecified atom stereocenters. The molecule has 1 amide bonds. The van der Waals surface area contributed by atoms with Crippen molar-refractivity contribution >= 4 is 56.9 Å². The highest BCUT2D eigenvalue weighted by Crippen LogP contribution is 2.50. The Labute approximate surface area is 196 Å². The van der Waals surface area contributed by atoms with E-state index in [4.69, 9.17) is 4.99 Å². The average molecular weight is 461 g/mol. The van der Waals surface area contributed by atoms with Gasteiger partial charge in [0.15, 0.2) is 5.17 Å². The monoisotopic (exact) mass is 460 g/mol. The summed E-state index contributed by atoms with van der Waals surface area (Å²) in [5.41, 5.74) is 2.95. The molecular formula is C25H24N4OS2. The van der Waals surface area contributed by atoms with Crippen LogP contribution in [0.25, 0.3) is 10.9 Å². The van der Waals surface area contributed by atoms with Gasteiger partial charge in [-0.05, 0) is 61.5 Å². The summed E-state index contributed by atoms with van der Waals surface area (Å²) in [6, 6.07) is 18.3. The van der Waals surface area contributed by atoms with Crippen molar-refractivity contribution in [3.63, 3.8) is 0 Å². The molecule has 0 spiro atoms. The van der Waals surface area contributed by atoms with E-state index in [0.717, 1.165) is 51.1 Å². The van der Waals surface area contributed by atoms with Gasteiger partial charge < -0.3 is 4.90 Å². The minimum absolute atomic E-state index is 0.0541. The zero-order valence-electron chi connectivity index (χ0n) is 18.1. The summed E-state index contributed by atoms with van der Waals surface area (Å²) in [5, 5.41) is 2.81. The third-order valence-electron chi connectivity index (χ3n) is 5.53. The average Bonchev–Trinajstić information content (AvgIpc) is 3.34. The van der Waals surface area contributed by atoms with Gasteiger partial charge in [-0.1, -0.05) is 43.3 Å². The van der Waals surface area contributed by atoms with Crippen LogP contribution in [0.1, 0.15) is 26.7 Å². The van der Waals surface area contributed by atoms with E-state index >= 15 is 0 Å². The Morgan fingerprint density at radius 2 is 1.88 bits per heavy atom. The van der Waals surface area contributed by atoms with Gasteiger partial charge in [-0.15, -0.1) is 0 Å². The van der Waals surface area contributed by atoms with Crippen molar-refractivity contribution in [3.8, 4) is 0 Å². The van der Waals surface area contributed by atoms with Gasteiger partial charge in [0.2, 0.25) is 0 Å². The van der Waals surface area contributed by atoms with E-state index in [0.29, 0.717) is 6.54 Å². The van der Waals surface area contributed by atoms with Crippen LogP contribution in [-0.4, -0.2) is 34.0 Å². The number of pyridine rings is 1. The second kappa shape index (κ2) is 9.00. The molecule has 32 heavy (non-hydrogen) atoms. The first kappa shape index (κ1) is 21.1. The molecule has 162 valence electrons. The third kappa shape index (κ3) is 3.80. The molecule has 0 aliphatic carbocycles. The van der Waals surface area contributed by atoms with Gasteiger partial charge in [-0.2, -0.15) is 0 Å². The molecule has 1 fully saturated rings. The SMILES string of the molecule is CCCCN1C(=O)/C(=C2/Sc3ccccc3N2CC)SC1=Nc1ccc2ncccc2c1. The molecule has 0 atom stereocenters. The fraction of sp³-hybridized carbons (Fsp3) is 0.240. The van der Waals surface area contributed by atoms with Crippen LogP contribution in [0.5, 0.6) is 0 Å². The van der Waals surface area contributed by atoms with Crippen molar-refractivity contribution in [2.45, 2.75) is 31.6 Å². The topological polar surface area (TPSA) is 48.8 Å². The van der Waals surface area contributed by atoms with Crippen LogP contribution in [0.3, 0.4) is 0 Å². The normalized spacial score (nSPS) is 19.4. The van der Waals surface area contributed by atoms with Gasteiger partial charge in [0.05, 0.1) is 16.9 Å². The van der Waals surface area contributed by atoms with E-state index in [-0.39, 0.29) is 5.91 Å². The number of thioether (sulfide) groups is 2. The summed E-state index contributed by atoms with van der Waals surface area (Å²) in [6.45, 7) is 5.76. The summed E-state index contributed by atoms with van der Waals surface area (Å²) < 4.78 is 0. The first-order valence-electron chi connectivity index (χ1n) is 10.9. The van der Waals surface area contributed by atoms with Crippen molar-refractivity contribution in [1.82, 2.24) is 9.88 Å². The molecule has 7 heteroatoms. The van der Waals surface area contributed by atoms with E-state index in [1.807, 2.05) is 47.4 Å². The predicted octanol–water partition coefficient (Wildman–Crippen LogP) is 6.40. The van der Waals surface area contributed by atoms with Crippen molar-refractivity contribution < 1.29 is 4.79 Å². The van der Waals surface area contributed by atoms with Gasteiger partial charge in [0.1, 0.15) is 9.93 Å². The lowest BCUT2D eigenvalue weighted by Crippen LogP contribution is -2.30. The largest absolute Gasteiger partial charge is 0.334 e. The van der Waals surface area contributed by atoms with Crippen LogP contribution >= 0.6 is 23.5 Å². The Morgan fingerprint density at radius 1 is 1.00 bits per heavy atom. The lowest BCUT2D eigenvalue weighted by molar-refractivity contribution is -0.122. The highest BCUT2D eigenvalue weighted by atomic mass is 32.2. The van der Waals surface area contributed by atoms with Crippen molar-refractivity contribution in [2.24, 2.45) is 4.99 Å². The lowest BCUT2D eigenvalue weighted by Gasteiger charge is -2.19. The molecule has 5 nitrogen and oxygen atoms in total. The Kier molecular flexibility index (Phi) is 5.93. The number of para-hydroxylation sites is 1. The number of aromatic nitrogens is 1. The maximum atomic E-state index is 13.5. The van der Waals surface area contributed by atoms with Crippen molar-refractivity contribution in [1.29, 1.82) is 0 Å². The summed E-state index contributed by atoms with van der Waals surface area (Å²) in [4.78, 5) is 28.9. The van der Waals surface area contributed by atoms with Gasteiger partial charge in [-0.3, -0.25) is 14.7 Å². The zero-order valence-corrected chi connectivity index (χ0v) is 19.7. The Hall–Kier alpha value is -2.77. The summed E-state index contributed by atoms with van der Waals surface area (Å²) in [6.07, 6.45) is 3.76. The van der Waals surface area contributed by atoms with Crippen molar-refractivity contribution in [2.75, 3.05) is 18.0 Å². The number of rotatable bonds is 5. The second-order valence-electron chi connectivity index (χ2n) is 7.64. The molecule has 0 radical (unpaired) electrons. The number of carbonyl (C=O) groups is 1. The zero-order chi connectivity index (χ0) is 22.1. The van der Waals surface area contributed by atoms with Crippen LogP contribution in [0, 0.1) is 0 Å². The first-order chi connectivity index (χ1) is 15.7. The first-order valence-corrected chi connectivity index (χ1v) is 12.5. The van der Waals surface area contributed by atoms with Crippen LogP contribution in [0.2, 0.25) is 0 Å². The minimum Gasteiger partial charge on any atom is -0.334 e. The number of carbonyl (C=O) groups excluding carboxylic acids is 1. The molecule has 3 aromatic rings. The fourth-order valence-electron chi connectivity index (χ4n) is 3.89. The molecule has 5 rings (SSSR count). The number of amides is 1. The molecule has 0 N–H and O–H groups in total. The summed E-state index contributed by atoms with van der Waals surface area (Å²) in [7, 11) is 0. The minimum atomic E-state index is 0.0541. The lowest BCUT2D eigenvalue weighted by atomic mass is 10.2. The Morgan fingerprint density at radius 3 is 2.72 bits per heavy atom. The van der Waals surface area contributed by atoms with Crippen LogP contribution in [-0.2, 0) is 4.79 Å². The van der Waals surface area contributed by atoms with Gasteiger partial charge >= 0.3 is 0 Å². The van der Waals surface area contributed by atoms with Gasteiger partial charge in [-0.25, -0.2) is 4.99 Å². The molecule has 2 aliphatic heterocycles. The fourth-order valence-corrected chi connectivity index (χ4v) is 6.31. The van der Waals surface area contributed by atoms with Crippen molar-refractivity contribution in [3.05, 3.63) is 70.7 Å². The predicted molar refractivity (Wildman–Crippen MR) is 135 cm³/mol. The van der Waals surface area contributed by atoms with E-state index in [9.17, 15) is 4.79 Å². The molecule has 0 saturated carbocycles. The van der Waals surface area contributed by atoms with Crippen LogP contribution < -0.4 is 4.90 Å². The molecule has 3 heterocycles. The number of aliphatic imine (C=N–C) groups is 1. The summed E-state index contributed by atoms with van der Waals surface area (Å²) >= 11 is 3.17. The second-order valence-corrected chi connectivity index (χ2v) is 9.64. The molecule has 0 bridgehead atoms. The molecule has 2 aromatic carbocycles. The van der Waals surface area contributed by atoms with Gasteiger partial charge in [0.25, 0.3) is 5.91 Å². The summed E-state index contributed by atoms with van der Waals surface area (Å²) in [5.74, 6) is 0.0541. The number of fused-ring (bicyclic) bond motifs is 2. The van der Waals surface area contributed by atoms with Gasteiger partial charge in [0, 0.05) is 29.6 Å². The number of hydrogen-bond donors (Lipinski definition) is 0. The highest BCUT2D eigenvalue weighted by Gasteiger charge is 2.39. The molecular weight excluding hydrogens is 436 g/mol. The number of unbranched alkanes of at least 4 members (excludes halogenated alkanes) is 1. The Bertz CT molecular complexity index is 1250. The molecule has 1 aromatic heterocycles. The van der Waals surface area contributed by atoms with E-state index in [2.05, 4.69) is 35.9 Å². The quantitative estimate of drug-likeness (QED) is 0.412. The number of amidine groups is 1. The smallest absolute Gasteiger partial charge is 0.269 e. The standard InChI is InChI=1S/C25H24N4OS2/c1-3-5-15-29-23(30)22(24-28(4-2)20-10-6-7-11-21(20)31-24)32-25(29)27-18-12-13-19-17(16-18)9-8-14-26-19/h6-14,16H,3-5,15H2,1-2H3/b24-22-,27-25?. The molecule has 2 aliphatic rings. The third-order valence-corrected chi connectivity index (χ3v) is 7.91. The maximum absolute atomic E-state index is 13.5. The number of benzene rings is 2. The van der Waals surface area contributed by atoms with E-state index in [1.54, 1.807) is 18.0 Å². The van der Waals surface area contributed by atoms with E-state index < -0.39 is 0 Å². The Balaban J connectivity index is 1.55.